The third-order valence-corrected chi connectivity index (χ3v) is 3.70. The van der Waals surface area contributed by atoms with Gasteiger partial charge in [-0.3, -0.25) is 0 Å². The van der Waals surface area contributed by atoms with Gasteiger partial charge in [-0.05, 0) is 37.6 Å². The number of rotatable bonds is 4. The first-order chi connectivity index (χ1) is 10.1. The summed E-state index contributed by atoms with van der Waals surface area (Å²) in [6, 6.07) is 4.93. The highest BCUT2D eigenvalue weighted by atomic mass is 16.5. The number of carbonyl (C=O) groups is 1. The highest BCUT2D eigenvalue weighted by molar-refractivity contribution is 5.90. The van der Waals surface area contributed by atoms with Crippen molar-refractivity contribution in [1.82, 2.24) is 4.90 Å². The summed E-state index contributed by atoms with van der Waals surface area (Å²) in [7, 11) is 1.60. The average Bonchev–Trinajstić information content (AvgIpc) is 2.88. The van der Waals surface area contributed by atoms with Crippen LogP contribution >= 0.6 is 0 Å². The molecule has 2 N–H and O–H groups in total. The van der Waals surface area contributed by atoms with Crippen LogP contribution in [0.5, 0.6) is 5.75 Å². The lowest BCUT2D eigenvalue weighted by atomic mass is 10.1. The summed E-state index contributed by atoms with van der Waals surface area (Å²) >= 11 is 0. The van der Waals surface area contributed by atoms with E-state index in [0.717, 1.165) is 17.0 Å². The number of aryl methyl sites for hydroxylation is 1. The summed E-state index contributed by atoms with van der Waals surface area (Å²) in [6.45, 7) is 4.93. The van der Waals surface area contributed by atoms with Crippen molar-refractivity contribution in [2.45, 2.75) is 26.0 Å². The van der Waals surface area contributed by atoms with E-state index in [1.54, 1.807) is 18.1 Å². The highest BCUT2D eigenvalue weighted by Crippen LogP contribution is 2.22. The van der Waals surface area contributed by atoms with Crippen molar-refractivity contribution >= 4 is 11.7 Å². The van der Waals surface area contributed by atoms with Gasteiger partial charge in [0.25, 0.3) is 0 Å². The monoisotopic (exact) mass is 294 g/mol. The number of likely N-dealkylation sites (N-methyl/N-ethyl adjacent to an activating group) is 1. The second kappa shape index (κ2) is 6.78. The smallest absolute Gasteiger partial charge is 0.322 e. The number of hydrogen-bond donors (Lipinski definition) is 2. The molecule has 1 aromatic carbocycles. The number of aliphatic hydroxyl groups is 1. The number of amides is 2. The van der Waals surface area contributed by atoms with E-state index in [1.807, 2.05) is 26.0 Å². The number of hydrogen-bond acceptors (Lipinski definition) is 4. The molecule has 0 aromatic heterocycles. The first-order valence-electron chi connectivity index (χ1n) is 7.05. The van der Waals surface area contributed by atoms with Gasteiger partial charge in [-0.15, -0.1) is 0 Å². The molecule has 0 unspecified atom stereocenters. The van der Waals surface area contributed by atoms with Gasteiger partial charge < -0.3 is 24.8 Å². The zero-order chi connectivity index (χ0) is 15.4. The summed E-state index contributed by atoms with van der Waals surface area (Å²) in [6.07, 6.45) is -0.632. The van der Waals surface area contributed by atoms with Gasteiger partial charge in [0.15, 0.2) is 0 Å². The van der Waals surface area contributed by atoms with Crippen LogP contribution in [0.25, 0.3) is 0 Å². The lowest BCUT2D eigenvalue weighted by molar-refractivity contribution is 0.1000. The molecule has 0 saturated carbocycles. The first-order valence-corrected chi connectivity index (χ1v) is 7.05. The van der Waals surface area contributed by atoms with Crippen molar-refractivity contribution in [2.75, 3.05) is 32.2 Å². The minimum absolute atomic E-state index is 0.236. The number of benzene rings is 1. The lowest BCUT2D eigenvalue weighted by Gasteiger charge is -2.29. The van der Waals surface area contributed by atoms with Crippen LogP contribution in [0, 0.1) is 6.92 Å². The molecule has 0 bridgehead atoms. The summed E-state index contributed by atoms with van der Waals surface area (Å²) in [5.74, 6) is 0.748. The molecule has 2 atom stereocenters. The van der Waals surface area contributed by atoms with Crippen molar-refractivity contribution in [3.63, 3.8) is 0 Å². The highest BCUT2D eigenvalue weighted by Gasteiger charge is 2.33. The molecule has 6 heteroatoms. The lowest BCUT2D eigenvalue weighted by Crippen LogP contribution is -2.48. The van der Waals surface area contributed by atoms with Gasteiger partial charge in [-0.25, -0.2) is 4.79 Å². The average molecular weight is 294 g/mol. The Labute approximate surface area is 124 Å². The fourth-order valence-corrected chi connectivity index (χ4v) is 2.45. The minimum atomic E-state index is -0.632. The zero-order valence-electron chi connectivity index (χ0n) is 12.6. The Balaban J connectivity index is 2.09. The van der Waals surface area contributed by atoms with Crippen LogP contribution in [0.15, 0.2) is 18.2 Å². The Bertz CT molecular complexity index is 506. The second-order valence-electron chi connectivity index (χ2n) is 5.07. The van der Waals surface area contributed by atoms with Crippen molar-refractivity contribution in [3.05, 3.63) is 23.8 Å². The summed E-state index contributed by atoms with van der Waals surface area (Å²) in [5.41, 5.74) is 1.65. The largest absolute Gasteiger partial charge is 0.497 e. The fraction of sp³-hybridized carbons (Fsp3) is 0.533. The number of nitrogens with one attached hydrogen (secondary N) is 1. The number of urea groups is 1. The molecular formula is C15H22N2O4. The minimum Gasteiger partial charge on any atom is -0.497 e. The van der Waals surface area contributed by atoms with E-state index in [9.17, 15) is 9.90 Å². The molecular weight excluding hydrogens is 272 g/mol. The molecule has 2 amide bonds. The van der Waals surface area contributed by atoms with Gasteiger partial charge in [-0.1, -0.05) is 0 Å². The van der Waals surface area contributed by atoms with Gasteiger partial charge in [0, 0.05) is 12.2 Å². The van der Waals surface area contributed by atoms with E-state index in [2.05, 4.69) is 5.32 Å². The van der Waals surface area contributed by atoms with E-state index in [1.165, 1.54) is 0 Å². The van der Waals surface area contributed by atoms with Gasteiger partial charge in [-0.2, -0.15) is 0 Å². The predicted octanol–water partition coefficient (Wildman–Crippen LogP) is 1.62. The number of carbonyl (C=O) groups excluding carboxylic acids is 1. The molecule has 6 nitrogen and oxygen atoms in total. The molecule has 0 aliphatic carbocycles. The maximum atomic E-state index is 12.4. The Hall–Kier alpha value is -1.79. The van der Waals surface area contributed by atoms with Crippen LogP contribution in [0.2, 0.25) is 0 Å². The van der Waals surface area contributed by atoms with Crippen molar-refractivity contribution in [1.29, 1.82) is 0 Å². The van der Waals surface area contributed by atoms with Crippen LogP contribution in [-0.2, 0) is 4.74 Å². The fourth-order valence-electron chi connectivity index (χ4n) is 2.45. The Kier molecular flexibility index (Phi) is 5.03. The molecule has 0 spiro atoms. The third kappa shape index (κ3) is 3.46. The third-order valence-electron chi connectivity index (χ3n) is 3.70. The molecule has 1 fully saturated rings. The van der Waals surface area contributed by atoms with E-state index < -0.39 is 6.10 Å². The molecule has 1 aliphatic rings. The standard InChI is InChI=1S/C15H22N2O4/c1-4-17(13-8-21-9-14(13)18)15(19)16-12-6-5-11(20-3)7-10(12)2/h5-7,13-14,18H,4,8-9H2,1-3H3,(H,16,19)/t13-,14-/m1/s1. The second-order valence-corrected chi connectivity index (χ2v) is 5.07. The van der Waals surface area contributed by atoms with Crippen LogP contribution in [0.3, 0.4) is 0 Å². The number of aliphatic hydroxyl groups excluding tert-OH is 1. The molecule has 1 aliphatic heterocycles. The zero-order valence-corrected chi connectivity index (χ0v) is 12.6. The van der Waals surface area contributed by atoms with Crippen molar-refractivity contribution < 1.29 is 19.4 Å². The van der Waals surface area contributed by atoms with Crippen LogP contribution in [0.4, 0.5) is 10.5 Å². The van der Waals surface area contributed by atoms with Gasteiger partial charge in [0.2, 0.25) is 0 Å². The quantitative estimate of drug-likeness (QED) is 0.885. The van der Waals surface area contributed by atoms with E-state index >= 15 is 0 Å². The number of ether oxygens (including phenoxy) is 2. The number of anilines is 1. The summed E-state index contributed by atoms with van der Waals surface area (Å²) in [4.78, 5) is 14.0. The molecule has 1 aromatic rings. The Morgan fingerprint density at radius 3 is 2.81 bits per heavy atom. The normalized spacial score (nSPS) is 21.1. The molecule has 1 saturated heterocycles. The topological polar surface area (TPSA) is 71.0 Å². The van der Waals surface area contributed by atoms with Crippen molar-refractivity contribution in [2.24, 2.45) is 0 Å². The summed E-state index contributed by atoms with van der Waals surface area (Å²) < 4.78 is 10.4. The first kappa shape index (κ1) is 15.6. The molecule has 1 heterocycles. The summed E-state index contributed by atoms with van der Waals surface area (Å²) in [5, 5.41) is 12.7. The molecule has 21 heavy (non-hydrogen) atoms. The van der Waals surface area contributed by atoms with Crippen LogP contribution < -0.4 is 10.1 Å². The Morgan fingerprint density at radius 2 is 2.29 bits per heavy atom. The number of nitrogens with zero attached hydrogens (tertiary/aromatic N) is 1. The SMILES string of the molecule is CCN(C(=O)Nc1ccc(OC)cc1C)[C@@H]1COC[C@H]1O. The Morgan fingerprint density at radius 1 is 1.52 bits per heavy atom. The van der Waals surface area contributed by atoms with Crippen LogP contribution in [0.1, 0.15) is 12.5 Å². The molecule has 116 valence electrons. The van der Waals surface area contributed by atoms with E-state index in [0.29, 0.717) is 13.2 Å². The van der Waals surface area contributed by atoms with Crippen molar-refractivity contribution in [3.8, 4) is 5.75 Å². The van der Waals surface area contributed by atoms with Crippen LogP contribution in [-0.4, -0.2) is 55.1 Å². The number of methoxy groups -OCH3 is 1. The maximum absolute atomic E-state index is 12.4. The van der Waals surface area contributed by atoms with E-state index in [4.69, 9.17) is 9.47 Å². The van der Waals surface area contributed by atoms with Gasteiger partial charge in [0.05, 0.1) is 32.5 Å². The molecule has 0 radical (unpaired) electrons. The maximum Gasteiger partial charge on any atom is 0.322 e. The van der Waals surface area contributed by atoms with Gasteiger partial charge >= 0.3 is 6.03 Å². The van der Waals surface area contributed by atoms with E-state index in [-0.39, 0.29) is 18.7 Å². The predicted molar refractivity (Wildman–Crippen MR) is 79.7 cm³/mol. The molecule has 2 rings (SSSR count). The van der Waals surface area contributed by atoms with Gasteiger partial charge in [0.1, 0.15) is 5.75 Å².